The molecular formula is C22H32N4O3. The van der Waals surface area contributed by atoms with Gasteiger partial charge < -0.3 is 29.7 Å². The number of ether oxygens (including phenoxy) is 3. The summed E-state index contributed by atoms with van der Waals surface area (Å²) >= 11 is 0. The first-order valence-electron chi connectivity index (χ1n) is 10.6. The Bertz CT molecular complexity index is 738. The van der Waals surface area contributed by atoms with E-state index in [4.69, 9.17) is 24.9 Å². The summed E-state index contributed by atoms with van der Waals surface area (Å²) < 4.78 is 16.9. The lowest BCUT2D eigenvalue weighted by Crippen LogP contribution is -2.38. The quantitative estimate of drug-likeness (QED) is 0.752. The van der Waals surface area contributed by atoms with Gasteiger partial charge in [0.05, 0.1) is 20.3 Å². The maximum Gasteiger partial charge on any atom is 0.259 e. The van der Waals surface area contributed by atoms with Crippen molar-refractivity contribution in [1.29, 1.82) is 0 Å². The lowest BCUT2D eigenvalue weighted by molar-refractivity contribution is 0.135. The van der Waals surface area contributed by atoms with Gasteiger partial charge in [0.15, 0.2) is 5.75 Å². The smallest absolute Gasteiger partial charge is 0.259 e. The Morgan fingerprint density at radius 2 is 2.10 bits per heavy atom. The van der Waals surface area contributed by atoms with Gasteiger partial charge in [0, 0.05) is 45.3 Å². The van der Waals surface area contributed by atoms with E-state index in [-0.39, 0.29) is 6.10 Å². The number of methoxy groups -OCH3 is 1. The van der Waals surface area contributed by atoms with Crippen molar-refractivity contribution >= 4 is 5.82 Å². The highest BCUT2D eigenvalue weighted by atomic mass is 16.6. The van der Waals surface area contributed by atoms with Crippen LogP contribution in [0.4, 0.5) is 5.82 Å². The predicted octanol–water partition coefficient (Wildman–Crippen LogP) is 2.19. The van der Waals surface area contributed by atoms with Crippen molar-refractivity contribution < 1.29 is 14.2 Å². The molecule has 0 aliphatic carbocycles. The standard InChI is InChI=1S/C22H32N4O3/c1-27-20-4-5-21(24-22(20)29-19-8-12-28-16-19)26-10-6-17(7-11-26)14-25-9-2-3-18(13-23)15-25/h2-5,15,17,19H,6-14,16,23H2,1H3/t19-/m1/s1. The molecule has 4 heterocycles. The van der Waals surface area contributed by atoms with Gasteiger partial charge in [-0.05, 0) is 36.5 Å². The first-order valence-corrected chi connectivity index (χ1v) is 10.6. The van der Waals surface area contributed by atoms with E-state index in [1.54, 1.807) is 7.11 Å². The molecule has 0 aromatic carbocycles. The van der Waals surface area contributed by atoms with Crippen molar-refractivity contribution in [3.8, 4) is 11.6 Å². The normalized spacial score (nSPS) is 22.7. The van der Waals surface area contributed by atoms with Crippen LogP contribution >= 0.6 is 0 Å². The minimum absolute atomic E-state index is 0.0578. The van der Waals surface area contributed by atoms with E-state index in [1.807, 2.05) is 12.1 Å². The van der Waals surface area contributed by atoms with E-state index in [0.717, 1.165) is 57.9 Å². The molecule has 0 bridgehead atoms. The van der Waals surface area contributed by atoms with Crippen molar-refractivity contribution in [3.05, 3.63) is 36.1 Å². The van der Waals surface area contributed by atoms with Gasteiger partial charge in [-0.1, -0.05) is 12.2 Å². The van der Waals surface area contributed by atoms with Crippen LogP contribution in [0.2, 0.25) is 0 Å². The number of pyridine rings is 1. The Kier molecular flexibility index (Phi) is 6.56. The SMILES string of the molecule is COc1ccc(N2CCC(CN3C=C(CN)C=CC3)CC2)nc1O[C@@H]1CCOC1. The van der Waals surface area contributed by atoms with E-state index >= 15 is 0 Å². The number of hydrogen-bond acceptors (Lipinski definition) is 7. The molecule has 1 aromatic rings. The van der Waals surface area contributed by atoms with Crippen LogP contribution in [0.1, 0.15) is 19.3 Å². The van der Waals surface area contributed by atoms with Crippen molar-refractivity contribution in [2.24, 2.45) is 11.7 Å². The van der Waals surface area contributed by atoms with E-state index in [2.05, 4.69) is 28.2 Å². The number of aromatic nitrogens is 1. The molecule has 3 aliphatic rings. The maximum atomic E-state index is 6.05. The molecule has 1 aromatic heterocycles. The van der Waals surface area contributed by atoms with Crippen LogP contribution in [0.15, 0.2) is 36.1 Å². The Morgan fingerprint density at radius 1 is 1.24 bits per heavy atom. The first kappa shape index (κ1) is 20.0. The van der Waals surface area contributed by atoms with Gasteiger partial charge in [-0.15, -0.1) is 0 Å². The molecule has 29 heavy (non-hydrogen) atoms. The summed E-state index contributed by atoms with van der Waals surface area (Å²) in [6, 6.07) is 3.99. The van der Waals surface area contributed by atoms with Gasteiger partial charge in [-0.25, -0.2) is 0 Å². The molecular weight excluding hydrogens is 368 g/mol. The zero-order valence-corrected chi connectivity index (χ0v) is 17.3. The molecule has 0 radical (unpaired) electrons. The first-order chi connectivity index (χ1) is 14.2. The van der Waals surface area contributed by atoms with Crippen LogP contribution in [0.3, 0.4) is 0 Å². The fraction of sp³-hybridized carbons (Fsp3) is 0.591. The fourth-order valence-electron chi connectivity index (χ4n) is 4.19. The summed E-state index contributed by atoms with van der Waals surface area (Å²) in [6.45, 7) is 6.05. The average molecular weight is 401 g/mol. The van der Waals surface area contributed by atoms with Gasteiger partial charge in [0.25, 0.3) is 5.88 Å². The Labute approximate surface area is 173 Å². The molecule has 1 atom stereocenters. The van der Waals surface area contributed by atoms with E-state index in [0.29, 0.717) is 30.7 Å². The molecule has 2 N–H and O–H groups in total. The monoisotopic (exact) mass is 400 g/mol. The van der Waals surface area contributed by atoms with Crippen LogP contribution in [0.5, 0.6) is 11.6 Å². The highest BCUT2D eigenvalue weighted by Gasteiger charge is 2.24. The van der Waals surface area contributed by atoms with Gasteiger partial charge in [-0.2, -0.15) is 4.98 Å². The minimum atomic E-state index is 0.0578. The van der Waals surface area contributed by atoms with Crippen LogP contribution in [0, 0.1) is 5.92 Å². The number of nitrogens with zero attached hydrogens (tertiary/aromatic N) is 3. The highest BCUT2D eigenvalue weighted by molar-refractivity contribution is 5.47. The van der Waals surface area contributed by atoms with E-state index in [1.165, 1.54) is 5.57 Å². The number of nitrogens with two attached hydrogens (primary N) is 1. The van der Waals surface area contributed by atoms with Crippen molar-refractivity contribution in [2.75, 3.05) is 57.9 Å². The average Bonchev–Trinajstić information content (AvgIpc) is 3.27. The molecule has 7 nitrogen and oxygen atoms in total. The summed E-state index contributed by atoms with van der Waals surface area (Å²) in [5, 5.41) is 0. The second-order valence-corrected chi connectivity index (χ2v) is 7.98. The largest absolute Gasteiger partial charge is 0.491 e. The predicted molar refractivity (Wildman–Crippen MR) is 113 cm³/mol. The third kappa shape index (κ3) is 5.03. The van der Waals surface area contributed by atoms with E-state index in [9.17, 15) is 0 Å². The van der Waals surface area contributed by atoms with Crippen LogP contribution in [0.25, 0.3) is 0 Å². The minimum Gasteiger partial charge on any atom is -0.491 e. The summed E-state index contributed by atoms with van der Waals surface area (Å²) in [5.74, 6) is 2.90. The van der Waals surface area contributed by atoms with Crippen LogP contribution < -0.4 is 20.1 Å². The second kappa shape index (κ2) is 9.50. The molecule has 158 valence electrons. The third-order valence-corrected chi connectivity index (χ3v) is 5.88. The molecule has 2 saturated heterocycles. The lowest BCUT2D eigenvalue weighted by Gasteiger charge is -2.35. The van der Waals surface area contributed by atoms with Gasteiger partial charge in [0.2, 0.25) is 0 Å². The lowest BCUT2D eigenvalue weighted by atomic mass is 9.96. The molecule has 0 saturated carbocycles. The van der Waals surface area contributed by atoms with Crippen molar-refractivity contribution in [3.63, 3.8) is 0 Å². The highest BCUT2D eigenvalue weighted by Crippen LogP contribution is 2.31. The van der Waals surface area contributed by atoms with Crippen molar-refractivity contribution in [2.45, 2.75) is 25.4 Å². The Balaban J connectivity index is 1.34. The van der Waals surface area contributed by atoms with Gasteiger partial charge in [-0.3, -0.25) is 0 Å². The molecule has 4 rings (SSSR count). The number of hydrogen-bond donors (Lipinski definition) is 1. The molecule has 7 heteroatoms. The Hall–Kier alpha value is -2.25. The third-order valence-electron chi connectivity index (χ3n) is 5.88. The molecule has 2 fully saturated rings. The van der Waals surface area contributed by atoms with E-state index < -0.39 is 0 Å². The molecule has 0 amide bonds. The summed E-state index contributed by atoms with van der Waals surface area (Å²) in [6.07, 6.45) is 9.82. The second-order valence-electron chi connectivity index (χ2n) is 7.98. The summed E-state index contributed by atoms with van der Waals surface area (Å²) in [7, 11) is 1.65. The number of rotatable bonds is 7. The van der Waals surface area contributed by atoms with Crippen LogP contribution in [-0.2, 0) is 4.74 Å². The zero-order valence-electron chi connectivity index (χ0n) is 17.3. The van der Waals surface area contributed by atoms with Gasteiger partial charge in [0.1, 0.15) is 11.9 Å². The fourth-order valence-corrected chi connectivity index (χ4v) is 4.19. The molecule has 0 spiro atoms. The maximum absolute atomic E-state index is 6.05. The van der Waals surface area contributed by atoms with Crippen molar-refractivity contribution in [1.82, 2.24) is 9.88 Å². The van der Waals surface area contributed by atoms with Crippen LogP contribution in [-0.4, -0.2) is 69.0 Å². The Morgan fingerprint density at radius 3 is 2.83 bits per heavy atom. The molecule has 3 aliphatic heterocycles. The topological polar surface area (TPSA) is 73.1 Å². The summed E-state index contributed by atoms with van der Waals surface area (Å²) in [4.78, 5) is 9.52. The zero-order chi connectivity index (χ0) is 20.1. The number of piperidine rings is 1. The molecule has 0 unspecified atom stereocenters. The number of anilines is 1. The van der Waals surface area contributed by atoms with Gasteiger partial charge >= 0.3 is 0 Å². The summed E-state index contributed by atoms with van der Waals surface area (Å²) in [5.41, 5.74) is 6.98.